The zero-order valence-electron chi connectivity index (χ0n) is 10.5. The molecule has 0 spiro atoms. The summed E-state index contributed by atoms with van der Waals surface area (Å²) in [5, 5.41) is 0. The average Bonchev–Trinajstić information content (AvgIpc) is 2.71. The molecule has 0 N–H and O–H groups in total. The van der Waals surface area contributed by atoms with Gasteiger partial charge in [-0.05, 0) is 0 Å². The second-order valence-electron chi connectivity index (χ2n) is 5.42. The molecular formula is C14H26Te2. The molecule has 0 unspecified atom stereocenters. The van der Waals surface area contributed by atoms with E-state index in [0.29, 0.717) is 34.1 Å². The van der Waals surface area contributed by atoms with Gasteiger partial charge >= 0.3 is 119 Å². The molecule has 2 fully saturated rings. The Bertz CT molecular complexity index is 146. The van der Waals surface area contributed by atoms with Gasteiger partial charge in [-0.1, -0.05) is 0 Å². The fourth-order valence-corrected chi connectivity index (χ4v) is 20.1. The average molecular weight is 450 g/mol. The zero-order valence-corrected chi connectivity index (χ0v) is 15.1. The van der Waals surface area contributed by atoms with Gasteiger partial charge in [0, 0.05) is 0 Å². The predicted molar refractivity (Wildman–Crippen MR) is 74.4 cm³/mol. The number of hydrogen-bond donors (Lipinski definition) is 0. The molecule has 0 radical (unpaired) electrons. The van der Waals surface area contributed by atoms with Crippen LogP contribution in [-0.4, -0.2) is 34.1 Å². The second-order valence-corrected chi connectivity index (χ2v) is 17.7. The van der Waals surface area contributed by atoms with Crippen LogP contribution in [0, 0.1) is 0 Å². The van der Waals surface area contributed by atoms with E-state index in [1.54, 1.807) is 77.0 Å². The third-order valence-electron chi connectivity index (χ3n) is 3.93. The van der Waals surface area contributed by atoms with Gasteiger partial charge in [-0.3, -0.25) is 0 Å². The van der Waals surface area contributed by atoms with Crippen molar-refractivity contribution in [2.75, 3.05) is 0 Å². The van der Waals surface area contributed by atoms with Crippen molar-refractivity contribution in [3.05, 3.63) is 0 Å². The Kier molecular flexibility index (Phi) is 7.56. The van der Waals surface area contributed by atoms with Gasteiger partial charge in [0.05, 0.1) is 0 Å². The summed E-state index contributed by atoms with van der Waals surface area (Å²) in [6, 6.07) is 0. The van der Waals surface area contributed by atoms with E-state index in [-0.39, 0.29) is 0 Å². The van der Waals surface area contributed by atoms with Crippen LogP contribution in [0.1, 0.15) is 77.0 Å². The van der Waals surface area contributed by atoms with Crippen LogP contribution in [0.4, 0.5) is 0 Å². The Hall–Kier alpha value is 1.58. The fraction of sp³-hybridized carbons (Fsp3) is 1.00. The molecule has 94 valence electrons. The topological polar surface area (TPSA) is 0 Å². The third kappa shape index (κ3) is 5.48. The van der Waals surface area contributed by atoms with Crippen LogP contribution in [-0.2, 0) is 0 Å². The van der Waals surface area contributed by atoms with Gasteiger partial charge in [0.25, 0.3) is 0 Å². The van der Waals surface area contributed by atoms with Crippen LogP contribution < -0.4 is 0 Å². The Morgan fingerprint density at radius 1 is 0.438 bits per heavy atom. The molecule has 2 saturated carbocycles. The van der Waals surface area contributed by atoms with Gasteiger partial charge in [-0.25, -0.2) is 0 Å². The van der Waals surface area contributed by atoms with Crippen LogP contribution in [0.25, 0.3) is 0 Å². The molecule has 0 amide bonds. The summed E-state index contributed by atoms with van der Waals surface area (Å²) in [4.78, 5) is 0. The van der Waals surface area contributed by atoms with E-state index in [9.17, 15) is 0 Å². The quantitative estimate of drug-likeness (QED) is 0.437. The summed E-state index contributed by atoms with van der Waals surface area (Å²) in [6.07, 6.45) is 19.1. The molecule has 2 aliphatic rings. The predicted octanol–water partition coefficient (Wildman–Crippen LogP) is 4.60. The normalized spacial score (nSPS) is 26.2. The maximum atomic E-state index is 1.64. The Morgan fingerprint density at radius 3 is 1.06 bits per heavy atom. The minimum atomic E-state index is 0.495. The summed E-state index contributed by atoms with van der Waals surface area (Å²) >= 11 is 0.990. The molecule has 2 rings (SSSR count). The van der Waals surface area contributed by atoms with Gasteiger partial charge in [0.1, 0.15) is 0 Å². The second kappa shape index (κ2) is 8.64. The van der Waals surface area contributed by atoms with Crippen LogP contribution >= 0.6 is 0 Å². The fourth-order valence-electron chi connectivity index (χ4n) is 2.83. The first-order chi connectivity index (χ1) is 7.95. The first-order valence-corrected chi connectivity index (χ1v) is 17.3. The minimum absolute atomic E-state index is 0.495. The van der Waals surface area contributed by atoms with E-state index < -0.39 is 0 Å². The van der Waals surface area contributed by atoms with Gasteiger partial charge in [0.15, 0.2) is 0 Å². The molecule has 0 heterocycles. The molecule has 0 bridgehead atoms. The summed E-state index contributed by atoms with van der Waals surface area (Å²) in [5.41, 5.74) is 0. The first-order valence-electron chi connectivity index (χ1n) is 7.27. The molecule has 0 aromatic heterocycles. The van der Waals surface area contributed by atoms with Crippen LogP contribution in [0.15, 0.2) is 0 Å². The van der Waals surface area contributed by atoms with E-state index in [1.807, 2.05) is 0 Å². The SMILES string of the molecule is C1CCCC([Te][Te]C2CCCCCC2)CC1. The molecule has 16 heavy (non-hydrogen) atoms. The van der Waals surface area contributed by atoms with Crippen LogP contribution in [0.5, 0.6) is 0 Å². The molecular weight excluding hydrogens is 423 g/mol. The molecule has 0 saturated heterocycles. The molecule has 0 nitrogen and oxygen atoms in total. The molecule has 0 aliphatic heterocycles. The van der Waals surface area contributed by atoms with Gasteiger partial charge in [0.2, 0.25) is 0 Å². The molecule has 0 atom stereocenters. The summed E-state index contributed by atoms with van der Waals surface area (Å²) in [5.74, 6) is 0. The standard InChI is InChI=1S/C14H26Te2/c1-2-6-10-13(9-5-1)15-16-14-11-7-3-4-8-12-14/h13-14H,1-12H2. The van der Waals surface area contributed by atoms with Gasteiger partial charge in [-0.15, -0.1) is 0 Å². The Labute approximate surface area is 118 Å². The zero-order chi connectivity index (χ0) is 11.1. The maximum absolute atomic E-state index is 1.64. The Balaban J connectivity index is 1.64. The van der Waals surface area contributed by atoms with Crippen molar-refractivity contribution >= 4 is 34.1 Å². The van der Waals surface area contributed by atoms with Gasteiger partial charge in [-0.2, -0.15) is 0 Å². The summed E-state index contributed by atoms with van der Waals surface area (Å²) in [6.45, 7) is 0. The monoisotopic (exact) mass is 454 g/mol. The van der Waals surface area contributed by atoms with E-state index in [1.165, 1.54) is 7.93 Å². The van der Waals surface area contributed by atoms with Crippen LogP contribution in [0.2, 0.25) is 7.93 Å². The van der Waals surface area contributed by atoms with Crippen molar-refractivity contribution in [3.8, 4) is 0 Å². The first kappa shape index (κ1) is 14.0. The molecule has 2 heteroatoms. The van der Waals surface area contributed by atoms with Crippen molar-refractivity contribution in [3.63, 3.8) is 0 Å². The summed E-state index contributed by atoms with van der Waals surface area (Å²) in [7, 11) is 0. The van der Waals surface area contributed by atoms with E-state index >= 15 is 0 Å². The van der Waals surface area contributed by atoms with E-state index in [4.69, 9.17) is 0 Å². The van der Waals surface area contributed by atoms with Crippen molar-refractivity contribution in [2.24, 2.45) is 0 Å². The third-order valence-corrected chi connectivity index (χ3v) is 21.0. The summed E-state index contributed by atoms with van der Waals surface area (Å²) < 4.78 is 2.58. The van der Waals surface area contributed by atoms with E-state index in [0.717, 1.165) is 0 Å². The van der Waals surface area contributed by atoms with Crippen molar-refractivity contribution in [1.29, 1.82) is 0 Å². The van der Waals surface area contributed by atoms with Crippen molar-refractivity contribution < 1.29 is 0 Å². The van der Waals surface area contributed by atoms with Crippen LogP contribution in [0.3, 0.4) is 0 Å². The number of rotatable bonds is 3. The molecule has 0 aromatic rings. The van der Waals surface area contributed by atoms with E-state index in [2.05, 4.69) is 0 Å². The van der Waals surface area contributed by atoms with Gasteiger partial charge < -0.3 is 0 Å². The number of hydrogen-bond acceptors (Lipinski definition) is 0. The Morgan fingerprint density at radius 2 is 0.750 bits per heavy atom. The molecule has 0 aromatic carbocycles. The van der Waals surface area contributed by atoms with Crippen molar-refractivity contribution in [1.82, 2.24) is 0 Å². The van der Waals surface area contributed by atoms with Crippen molar-refractivity contribution in [2.45, 2.75) is 85.0 Å². The molecule has 2 aliphatic carbocycles.